The van der Waals surface area contributed by atoms with E-state index in [0.717, 1.165) is 44.5 Å². The van der Waals surface area contributed by atoms with Crippen LogP contribution in [0, 0.1) is 6.92 Å². The van der Waals surface area contributed by atoms with E-state index in [4.69, 9.17) is 4.74 Å². The van der Waals surface area contributed by atoms with Crippen LogP contribution < -0.4 is 10.1 Å². The van der Waals surface area contributed by atoms with Gasteiger partial charge in [0.2, 0.25) is 5.91 Å². The number of ether oxygens (including phenoxy) is 1. The second kappa shape index (κ2) is 8.79. The minimum Gasteiger partial charge on any atom is -0.494 e. The number of likely N-dealkylation sites (N-methyl/N-ethyl adjacent to an activating group) is 1. The van der Waals surface area contributed by atoms with Crippen molar-refractivity contribution < 1.29 is 9.53 Å². The predicted octanol–water partition coefficient (Wildman–Crippen LogP) is 2.75. The maximum atomic E-state index is 12.3. The third-order valence-corrected chi connectivity index (χ3v) is 4.18. The van der Waals surface area contributed by atoms with Crippen molar-refractivity contribution in [3.05, 3.63) is 29.8 Å². The van der Waals surface area contributed by atoms with Crippen molar-refractivity contribution in [2.75, 3.05) is 26.7 Å². The number of likely N-dealkylation sites (tertiary alicyclic amines) is 1. The van der Waals surface area contributed by atoms with Crippen molar-refractivity contribution in [1.29, 1.82) is 0 Å². The SMILES string of the molecule is CNCC1CCCN1C(=O)CCCCOc1cccc(C)c1. The minimum absolute atomic E-state index is 0.299. The third kappa shape index (κ3) is 5.02. The first-order chi connectivity index (χ1) is 10.7. The highest BCUT2D eigenvalue weighted by Gasteiger charge is 2.27. The molecule has 1 saturated heterocycles. The maximum absolute atomic E-state index is 12.3. The van der Waals surface area contributed by atoms with E-state index in [1.54, 1.807) is 0 Å². The lowest BCUT2D eigenvalue weighted by Gasteiger charge is -2.24. The molecule has 1 aliphatic rings. The highest BCUT2D eigenvalue weighted by Crippen LogP contribution is 2.18. The molecule has 0 radical (unpaired) electrons. The Bertz CT molecular complexity index is 476. The van der Waals surface area contributed by atoms with E-state index in [1.807, 2.05) is 25.2 Å². The highest BCUT2D eigenvalue weighted by atomic mass is 16.5. The number of carbonyl (C=O) groups excluding carboxylic acids is 1. The Kier molecular flexibility index (Phi) is 6.72. The van der Waals surface area contributed by atoms with Crippen LogP contribution in [0.25, 0.3) is 0 Å². The summed E-state index contributed by atoms with van der Waals surface area (Å²) in [6, 6.07) is 8.47. The van der Waals surface area contributed by atoms with E-state index in [-0.39, 0.29) is 0 Å². The molecule has 1 unspecified atom stereocenters. The van der Waals surface area contributed by atoms with Gasteiger partial charge in [-0.3, -0.25) is 4.79 Å². The summed E-state index contributed by atoms with van der Waals surface area (Å²) < 4.78 is 5.72. The van der Waals surface area contributed by atoms with Crippen LogP contribution in [0.5, 0.6) is 5.75 Å². The lowest BCUT2D eigenvalue weighted by atomic mass is 10.2. The van der Waals surface area contributed by atoms with E-state index in [0.29, 0.717) is 25.0 Å². The Hall–Kier alpha value is -1.55. The number of carbonyl (C=O) groups is 1. The fourth-order valence-corrected chi connectivity index (χ4v) is 3.03. The normalized spacial score (nSPS) is 17.7. The van der Waals surface area contributed by atoms with Crippen LogP contribution in [0.4, 0.5) is 0 Å². The van der Waals surface area contributed by atoms with E-state index in [2.05, 4.69) is 23.2 Å². The molecule has 2 rings (SSSR count). The first-order valence-corrected chi connectivity index (χ1v) is 8.34. The molecule has 1 aliphatic heterocycles. The van der Waals surface area contributed by atoms with Gasteiger partial charge in [-0.25, -0.2) is 0 Å². The summed E-state index contributed by atoms with van der Waals surface area (Å²) in [5.41, 5.74) is 1.21. The topological polar surface area (TPSA) is 41.6 Å². The van der Waals surface area contributed by atoms with Gasteiger partial charge in [-0.15, -0.1) is 0 Å². The van der Waals surface area contributed by atoms with Crippen molar-refractivity contribution in [2.45, 2.75) is 45.1 Å². The zero-order chi connectivity index (χ0) is 15.8. The standard InChI is InChI=1S/C18H28N2O2/c1-15-7-5-9-17(13-15)22-12-4-3-10-18(21)20-11-6-8-16(20)14-19-2/h5,7,9,13,16,19H,3-4,6,8,10-12,14H2,1-2H3. The Morgan fingerprint density at radius 2 is 2.27 bits per heavy atom. The lowest BCUT2D eigenvalue weighted by molar-refractivity contribution is -0.132. The van der Waals surface area contributed by atoms with Gasteiger partial charge >= 0.3 is 0 Å². The first-order valence-electron chi connectivity index (χ1n) is 8.34. The molecule has 1 heterocycles. The first kappa shape index (κ1) is 16.8. The molecule has 1 amide bonds. The number of unbranched alkanes of at least 4 members (excludes halogenated alkanes) is 1. The van der Waals surface area contributed by atoms with Crippen LogP contribution >= 0.6 is 0 Å². The van der Waals surface area contributed by atoms with Gasteiger partial charge in [-0.05, 0) is 57.4 Å². The van der Waals surface area contributed by atoms with Crippen molar-refractivity contribution in [3.8, 4) is 5.75 Å². The summed E-state index contributed by atoms with van der Waals surface area (Å²) >= 11 is 0. The highest BCUT2D eigenvalue weighted by molar-refractivity contribution is 5.76. The van der Waals surface area contributed by atoms with Crippen molar-refractivity contribution in [3.63, 3.8) is 0 Å². The lowest BCUT2D eigenvalue weighted by Crippen LogP contribution is -2.40. The molecule has 4 heteroatoms. The van der Waals surface area contributed by atoms with Gasteiger partial charge < -0.3 is 15.0 Å². The molecule has 0 aliphatic carbocycles. The number of benzene rings is 1. The van der Waals surface area contributed by atoms with Gasteiger partial charge in [0.15, 0.2) is 0 Å². The van der Waals surface area contributed by atoms with Gasteiger partial charge in [-0.1, -0.05) is 12.1 Å². The Labute approximate surface area is 133 Å². The van der Waals surface area contributed by atoms with Gasteiger partial charge in [0.05, 0.1) is 6.61 Å². The van der Waals surface area contributed by atoms with Gasteiger partial charge in [-0.2, -0.15) is 0 Å². The predicted molar refractivity (Wildman–Crippen MR) is 89.2 cm³/mol. The summed E-state index contributed by atoms with van der Waals surface area (Å²) in [6.07, 6.45) is 4.71. The van der Waals surface area contributed by atoms with Crippen molar-refractivity contribution in [2.24, 2.45) is 0 Å². The summed E-state index contributed by atoms with van der Waals surface area (Å²) in [7, 11) is 1.95. The van der Waals surface area contributed by atoms with E-state index < -0.39 is 0 Å². The number of nitrogens with zero attached hydrogens (tertiary/aromatic N) is 1. The number of rotatable bonds is 8. The van der Waals surface area contributed by atoms with Crippen molar-refractivity contribution >= 4 is 5.91 Å². The molecule has 1 aromatic rings. The fraction of sp³-hybridized carbons (Fsp3) is 0.611. The molecular formula is C18H28N2O2. The van der Waals surface area contributed by atoms with Crippen LogP contribution in [-0.4, -0.2) is 43.6 Å². The zero-order valence-electron chi connectivity index (χ0n) is 13.8. The third-order valence-electron chi connectivity index (χ3n) is 4.18. The minimum atomic E-state index is 0.299. The number of nitrogens with one attached hydrogen (secondary N) is 1. The second-order valence-electron chi connectivity index (χ2n) is 6.06. The fourth-order valence-electron chi connectivity index (χ4n) is 3.03. The molecule has 1 N–H and O–H groups in total. The monoisotopic (exact) mass is 304 g/mol. The summed E-state index contributed by atoms with van der Waals surface area (Å²) in [5, 5.41) is 3.18. The smallest absolute Gasteiger partial charge is 0.222 e. The molecule has 122 valence electrons. The van der Waals surface area contributed by atoms with Crippen LogP contribution in [0.15, 0.2) is 24.3 Å². The van der Waals surface area contributed by atoms with E-state index >= 15 is 0 Å². The number of amides is 1. The van der Waals surface area contributed by atoms with Crippen LogP contribution in [0.2, 0.25) is 0 Å². The maximum Gasteiger partial charge on any atom is 0.222 e. The summed E-state index contributed by atoms with van der Waals surface area (Å²) in [5.74, 6) is 1.22. The zero-order valence-corrected chi connectivity index (χ0v) is 13.8. The molecule has 0 spiro atoms. The largest absolute Gasteiger partial charge is 0.494 e. The quantitative estimate of drug-likeness (QED) is 0.751. The average Bonchev–Trinajstić information content (AvgIpc) is 2.95. The molecule has 1 atom stereocenters. The van der Waals surface area contributed by atoms with Crippen LogP contribution in [-0.2, 0) is 4.79 Å². The van der Waals surface area contributed by atoms with E-state index in [9.17, 15) is 4.79 Å². The number of hydrogen-bond donors (Lipinski definition) is 1. The summed E-state index contributed by atoms with van der Waals surface area (Å²) in [4.78, 5) is 14.3. The molecule has 22 heavy (non-hydrogen) atoms. The Morgan fingerprint density at radius 3 is 3.05 bits per heavy atom. The van der Waals surface area contributed by atoms with E-state index in [1.165, 1.54) is 5.56 Å². The van der Waals surface area contributed by atoms with Gasteiger partial charge in [0.25, 0.3) is 0 Å². The Balaban J connectivity index is 1.63. The molecule has 4 nitrogen and oxygen atoms in total. The Morgan fingerprint density at radius 1 is 1.41 bits per heavy atom. The number of aryl methyl sites for hydroxylation is 1. The van der Waals surface area contributed by atoms with Gasteiger partial charge in [0, 0.05) is 25.6 Å². The van der Waals surface area contributed by atoms with Crippen LogP contribution in [0.3, 0.4) is 0 Å². The van der Waals surface area contributed by atoms with Gasteiger partial charge in [0.1, 0.15) is 5.75 Å². The van der Waals surface area contributed by atoms with Crippen molar-refractivity contribution in [1.82, 2.24) is 10.2 Å². The second-order valence-corrected chi connectivity index (χ2v) is 6.06. The molecule has 1 aromatic carbocycles. The average molecular weight is 304 g/mol. The van der Waals surface area contributed by atoms with Crippen LogP contribution in [0.1, 0.15) is 37.7 Å². The summed E-state index contributed by atoms with van der Waals surface area (Å²) in [6.45, 7) is 4.56. The number of hydrogen-bond acceptors (Lipinski definition) is 3. The molecule has 0 saturated carbocycles. The molecular weight excluding hydrogens is 276 g/mol. The molecule has 0 aromatic heterocycles. The molecule has 0 bridgehead atoms. The molecule has 1 fully saturated rings.